The summed E-state index contributed by atoms with van der Waals surface area (Å²) in [5.74, 6) is 7.10. The van der Waals surface area contributed by atoms with Crippen LogP contribution in [-0.2, 0) is 9.47 Å². The van der Waals surface area contributed by atoms with Crippen LogP contribution in [0.4, 0.5) is 22.0 Å². The number of hydrogen-bond acceptors (Lipinski definition) is 10. The van der Waals surface area contributed by atoms with Gasteiger partial charge in [0.15, 0.2) is 12.6 Å². The number of benzene rings is 1. The van der Waals surface area contributed by atoms with Gasteiger partial charge in [-0.15, -0.1) is 10.2 Å². The Morgan fingerprint density at radius 3 is 2.62 bits per heavy atom. The number of anilines is 3. The van der Waals surface area contributed by atoms with Crippen molar-refractivity contribution >= 4 is 23.3 Å². The lowest BCUT2D eigenvalue weighted by Gasteiger charge is -2.43. The first-order chi connectivity index (χ1) is 20.2. The molecular weight excluding hydrogens is 534 g/mol. The van der Waals surface area contributed by atoms with Crippen LogP contribution in [0.25, 0.3) is 11.3 Å². The molecule has 2 aliphatic heterocycles. The zero-order chi connectivity index (χ0) is 29.7. The predicted molar refractivity (Wildman–Crippen MR) is 161 cm³/mol. The van der Waals surface area contributed by atoms with Gasteiger partial charge in [-0.1, -0.05) is 18.1 Å². The van der Waals surface area contributed by atoms with Gasteiger partial charge in [-0.3, -0.25) is 0 Å². The number of nitrogen functional groups attached to an aromatic ring is 1. The van der Waals surface area contributed by atoms with E-state index in [0.29, 0.717) is 35.0 Å². The highest BCUT2D eigenvalue weighted by Gasteiger charge is 2.40. The number of carbonyl (C=O) groups is 1. The number of fused-ring (bicyclic) bond motifs is 2. The smallest absolute Gasteiger partial charge is 0.408 e. The molecular formula is C31H37N7O4. The highest BCUT2D eigenvalue weighted by atomic mass is 16.7. The van der Waals surface area contributed by atoms with E-state index in [-0.39, 0.29) is 13.3 Å². The number of nitrogens with two attached hydrogens (primary N) is 1. The summed E-state index contributed by atoms with van der Waals surface area (Å²) in [5.41, 5.74) is 9.95. The van der Waals surface area contributed by atoms with E-state index in [1.807, 2.05) is 63.2 Å². The molecule has 3 N–H and O–H groups in total. The number of para-hydroxylation sites is 1. The summed E-state index contributed by atoms with van der Waals surface area (Å²) in [6.45, 7) is 7.39. The van der Waals surface area contributed by atoms with Crippen molar-refractivity contribution in [1.82, 2.24) is 20.5 Å². The molecule has 2 atom stereocenters. The van der Waals surface area contributed by atoms with E-state index in [1.165, 1.54) is 0 Å². The van der Waals surface area contributed by atoms with Gasteiger partial charge in [0.1, 0.15) is 17.0 Å². The van der Waals surface area contributed by atoms with Crippen LogP contribution in [0.1, 0.15) is 39.3 Å². The summed E-state index contributed by atoms with van der Waals surface area (Å²) in [4.78, 5) is 21.1. The van der Waals surface area contributed by atoms with Crippen LogP contribution in [0.15, 0.2) is 48.7 Å². The lowest BCUT2D eigenvalue weighted by molar-refractivity contribution is 0.0514. The first-order valence-electron chi connectivity index (χ1n) is 14.0. The van der Waals surface area contributed by atoms with E-state index < -0.39 is 11.7 Å². The van der Waals surface area contributed by atoms with Gasteiger partial charge in [0, 0.05) is 49.7 Å². The molecule has 5 rings (SSSR count). The molecule has 42 heavy (non-hydrogen) atoms. The van der Waals surface area contributed by atoms with Gasteiger partial charge in [-0.05, 0) is 69.9 Å². The molecule has 0 aliphatic carbocycles. The van der Waals surface area contributed by atoms with Crippen LogP contribution in [-0.4, -0.2) is 72.5 Å². The van der Waals surface area contributed by atoms with E-state index in [2.05, 4.69) is 42.1 Å². The SMILES string of the molecule is COCOc1ccccc1-c1cc(N2CC3CCC(C2)N3c2ccnc(C#CCNC(=O)OC(C)(C)C)c2)c(N)nn1. The first kappa shape index (κ1) is 29.0. The summed E-state index contributed by atoms with van der Waals surface area (Å²) in [6.07, 6.45) is 3.44. The van der Waals surface area contributed by atoms with Gasteiger partial charge < -0.3 is 35.1 Å². The van der Waals surface area contributed by atoms with Gasteiger partial charge in [-0.2, -0.15) is 0 Å². The third-order valence-corrected chi connectivity index (χ3v) is 7.10. The van der Waals surface area contributed by atoms with Crippen LogP contribution in [0.2, 0.25) is 0 Å². The Balaban J connectivity index is 1.28. The fourth-order valence-electron chi connectivity index (χ4n) is 5.44. The molecule has 2 aliphatic rings. The van der Waals surface area contributed by atoms with Crippen molar-refractivity contribution in [2.45, 2.75) is 51.3 Å². The van der Waals surface area contributed by atoms with Gasteiger partial charge in [0.05, 0.1) is 17.9 Å². The van der Waals surface area contributed by atoms with Crippen LogP contribution in [0.5, 0.6) is 5.75 Å². The Bertz CT molecular complexity index is 1470. The lowest BCUT2D eigenvalue weighted by Crippen LogP contribution is -2.54. The number of hydrogen-bond donors (Lipinski definition) is 2. The minimum absolute atomic E-state index is 0.142. The molecule has 4 heterocycles. The summed E-state index contributed by atoms with van der Waals surface area (Å²) >= 11 is 0. The van der Waals surface area contributed by atoms with Crippen molar-refractivity contribution in [3.05, 3.63) is 54.4 Å². The van der Waals surface area contributed by atoms with Gasteiger partial charge in [-0.25, -0.2) is 9.78 Å². The zero-order valence-corrected chi connectivity index (χ0v) is 24.5. The molecule has 0 radical (unpaired) electrons. The molecule has 1 aromatic carbocycles. The fraction of sp³-hybridized carbons (Fsp3) is 0.419. The molecule has 2 unspecified atom stereocenters. The average molecular weight is 572 g/mol. The molecule has 2 saturated heterocycles. The number of piperazine rings is 1. The summed E-state index contributed by atoms with van der Waals surface area (Å²) < 4.78 is 16.1. The van der Waals surface area contributed by atoms with Crippen LogP contribution in [0, 0.1) is 11.8 Å². The Hall–Kier alpha value is -4.56. The molecule has 11 heteroatoms. The Kier molecular flexibility index (Phi) is 8.64. The van der Waals surface area contributed by atoms with Gasteiger partial charge in [0.25, 0.3) is 0 Å². The largest absolute Gasteiger partial charge is 0.467 e. The summed E-state index contributed by atoms with van der Waals surface area (Å²) in [7, 11) is 1.59. The lowest BCUT2D eigenvalue weighted by atomic mass is 10.1. The van der Waals surface area contributed by atoms with Crippen molar-refractivity contribution in [2.75, 3.05) is 49.1 Å². The molecule has 220 valence electrons. The number of alkyl carbamates (subject to hydrolysis) is 1. The van der Waals surface area contributed by atoms with Gasteiger partial charge >= 0.3 is 6.09 Å². The van der Waals surface area contributed by atoms with Crippen molar-refractivity contribution in [3.63, 3.8) is 0 Å². The summed E-state index contributed by atoms with van der Waals surface area (Å²) in [6, 6.07) is 14.3. The molecule has 2 bridgehead atoms. The van der Waals surface area contributed by atoms with E-state index in [4.69, 9.17) is 19.9 Å². The van der Waals surface area contributed by atoms with Gasteiger partial charge in [0.2, 0.25) is 0 Å². The Morgan fingerprint density at radius 1 is 1.12 bits per heavy atom. The third kappa shape index (κ3) is 6.83. The number of nitrogens with zero attached hydrogens (tertiary/aromatic N) is 5. The fourth-order valence-corrected chi connectivity index (χ4v) is 5.44. The zero-order valence-electron chi connectivity index (χ0n) is 24.5. The van der Waals surface area contributed by atoms with Crippen molar-refractivity contribution in [3.8, 4) is 28.8 Å². The van der Waals surface area contributed by atoms with Crippen molar-refractivity contribution in [1.29, 1.82) is 0 Å². The summed E-state index contributed by atoms with van der Waals surface area (Å²) in [5, 5.41) is 11.3. The molecule has 1 amide bonds. The van der Waals surface area contributed by atoms with Crippen molar-refractivity contribution < 1.29 is 19.0 Å². The number of pyridine rings is 1. The number of methoxy groups -OCH3 is 1. The number of rotatable bonds is 7. The van der Waals surface area contributed by atoms with E-state index in [0.717, 1.165) is 42.9 Å². The molecule has 0 spiro atoms. The Labute approximate surface area is 246 Å². The van der Waals surface area contributed by atoms with Crippen LogP contribution >= 0.6 is 0 Å². The number of aromatic nitrogens is 3. The maximum atomic E-state index is 11.9. The first-order valence-corrected chi connectivity index (χ1v) is 14.0. The monoisotopic (exact) mass is 571 g/mol. The number of carbonyl (C=O) groups excluding carboxylic acids is 1. The number of nitrogens with one attached hydrogen (secondary N) is 1. The topological polar surface area (TPSA) is 128 Å². The second-order valence-electron chi connectivity index (χ2n) is 11.3. The van der Waals surface area contributed by atoms with E-state index >= 15 is 0 Å². The average Bonchev–Trinajstić information content (AvgIpc) is 3.23. The molecule has 2 aromatic heterocycles. The Morgan fingerprint density at radius 2 is 1.88 bits per heavy atom. The van der Waals surface area contributed by atoms with E-state index in [1.54, 1.807) is 13.3 Å². The second kappa shape index (κ2) is 12.5. The second-order valence-corrected chi connectivity index (χ2v) is 11.3. The van der Waals surface area contributed by atoms with Crippen molar-refractivity contribution in [2.24, 2.45) is 0 Å². The predicted octanol–water partition coefficient (Wildman–Crippen LogP) is 3.84. The highest BCUT2D eigenvalue weighted by Crippen LogP contribution is 2.39. The van der Waals surface area contributed by atoms with E-state index in [9.17, 15) is 4.79 Å². The maximum absolute atomic E-state index is 11.9. The van der Waals surface area contributed by atoms with Crippen LogP contribution in [0.3, 0.4) is 0 Å². The normalized spacial score (nSPS) is 17.8. The third-order valence-electron chi connectivity index (χ3n) is 7.10. The van der Waals surface area contributed by atoms with Crippen LogP contribution < -0.4 is 25.6 Å². The minimum atomic E-state index is -0.552. The molecule has 0 saturated carbocycles. The minimum Gasteiger partial charge on any atom is -0.467 e. The standard InChI is InChI=1S/C31H37N7O4/c1-31(2,3)42-30(39)34-14-7-8-21-16-22(13-15-33-21)38-23-11-12-24(38)19-37(18-23)27-17-26(35-36-29(27)32)25-9-5-6-10-28(25)41-20-40-4/h5-6,9-10,13,15-17,23-24H,11-12,14,18-20H2,1-4H3,(H2,32,36)(H,34,39). The molecule has 3 aromatic rings. The molecule has 11 nitrogen and oxygen atoms in total. The quantitative estimate of drug-likeness (QED) is 0.319. The number of amides is 1. The number of ether oxygens (including phenoxy) is 3. The highest BCUT2D eigenvalue weighted by molar-refractivity contribution is 5.75. The molecule has 2 fully saturated rings. The maximum Gasteiger partial charge on any atom is 0.408 e.